The van der Waals surface area contributed by atoms with Crippen molar-refractivity contribution >= 4 is 22.8 Å². The van der Waals surface area contributed by atoms with Crippen LogP contribution in [-0.4, -0.2) is 25.9 Å². The van der Waals surface area contributed by atoms with Crippen LogP contribution in [-0.2, 0) is 6.42 Å². The summed E-state index contributed by atoms with van der Waals surface area (Å²) in [6, 6.07) is 9.47. The molecule has 0 saturated carbocycles. The number of fused-ring (bicyclic) bond motifs is 1. The van der Waals surface area contributed by atoms with Crippen LogP contribution in [0, 0.1) is 17.0 Å². The maximum Gasteiger partial charge on any atom is 0.282 e. The van der Waals surface area contributed by atoms with E-state index in [1.54, 1.807) is 25.1 Å². The lowest BCUT2D eigenvalue weighted by molar-refractivity contribution is -0.384. The molecular formula is C19H18N4O4. The Morgan fingerprint density at radius 2 is 2.07 bits per heavy atom. The number of benzene rings is 2. The van der Waals surface area contributed by atoms with Gasteiger partial charge in [0.15, 0.2) is 0 Å². The highest BCUT2D eigenvalue weighted by atomic mass is 16.6. The van der Waals surface area contributed by atoms with Crippen LogP contribution in [0.15, 0.2) is 46.3 Å². The van der Waals surface area contributed by atoms with Gasteiger partial charge in [-0.3, -0.25) is 14.9 Å². The van der Waals surface area contributed by atoms with Crippen LogP contribution in [0.3, 0.4) is 0 Å². The fourth-order valence-electron chi connectivity index (χ4n) is 2.79. The van der Waals surface area contributed by atoms with Crippen molar-refractivity contribution in [2.45, 2.75) is 26.7 Å². The Kier molecular flexibility index (Phi) is 4.98. The number of nitro benzene ring substituents is 1. The van der Waals surface area contributed by atoms with E-state index in [4.69, 9.17) is 0 Å². The maximum absolute atomic E-state index is 12.8. The Morgan fingerprint density at radius 3 is 2.78 bits per heavy atom. The molecule has 0 atom stereocenters. The summed E-state index contributed by atoms with van der Waals surface area (Å²) in [4.78, 5) is 27.8. The topological polar surface area (TPSA) is 111 Å². The fraction of sp³-hybridized carbons (Fsp3) is 0.211. The average Bonchev–Trinajstić information content (AvgIpc) is 2.64. The van der Waals surface area contributed by atoms with Crippen LogP contribution in [0.2, 0.25) is 0 Å². The van der Waals surface area contributed by atoms with Crippen LogP contribution in [0.1, 0.15) is 30.3 Å². The van der Waals surface area contributed by atoms with Crippen molar-refractivity contribution in [2.75, 3.05) is 0 Å². The van der Waals surface area contributed by atoms with Gasteiger partial charge in [0.25, 0.3) is 11.2 Å². The molecule has 0 saturated heterocycles. The van der Waals surface area contributed by atoms with Crippen LogP contribution in [0.5, 0.6) is 5.75 Å². The van der Waals surface area contributed by atoms with Gasteiger partial charge in [-0.1, -0.05) is 19.1 Å². The van der Waals surface area contributed by atoms with Crippen LogP contribution in [0.4, 0.5) is 5.69 Å². The molecule has 8 nitrogen and oxygen atoms in total. The first-order chi connectivity index (χ1) is 12.9. The van der Waals surface area contributed by atoms with E-state index >= 15 is 0 Å². The number of aromatic nitrogens is 2. The molecule has 0 spiro atoms. The molecule has 1 N–H and O–H groups in total. The highest BCUT2D eigenvalue weighted by Gasteiger charge is 2.14. The largest absolute Gasteiger partial charge is 0.507 e. The van der Waals surface area contributed by atoms with Gasteiger partial charge in [0.2, 0.25) is 0 Å². The Morgan fingerprint density at radius 1 is 1.33 bits per heavy atom. The number of phenolic OH excluding ortho intramolecular Hbond substituents is 1. The van der Waals surface area contributed by atoms with Crippen LogP contribution in [0.25, 0.3) is 10.9 Å². The minimum atomic E-state index is -0.546. The van der Waals surface area contributed by atoms with E-state index in [0.29, 0.717) is 28.7 Å². The minimum absolute atomic E-state index is 0.122. The van der Waals surface area contributed by atoms with E-state index in [-0.39, 0.29) is 22.6 Å². The van der Waals surface area contributed by atoms with Gasteiger partial charge in [-0.25, -0.2) is 4.98 Å². The monoisotopic (exact) mass is 366 g/mol. The quantitative estimate of drug-likeness (QED) is 0.424. The maximum atomic E-state index is 12.8. The molecule has 0 aliphatic carbocycles. The number of aromatic hydroxyl groups is 1. The number of hydrogen-bond donors (Lipinski definition) is 1. The van der Waals surface area contributed by atoms with Crippen LogP contribution >= 0.6 is 0 Å². The highest BCUT2D eigenvalue weighted by Crippen LogP contribution is 2.26. The predicted octanol–water partition coefficient (Wildman–Crippen LogP) is 3.15. The fourth-order valence-corrected chi connectivity index (χ4v) is 2.79. The number of para-hydroxylation sites is 1. The second kappa shape index (κ2) is 7.36. The summed E-state index contributed by atoms with van der Waals surface area (Å²) in [6.45, 7) is 3.52. The van der Waals surface area contributed by atoms with Crippen molar-refractivity contribution in [1.29, 1.82) is 0 Å². The lowest BCUT2D eigenvalue weighted by Gasteiger charge is -2.08. The summed E-state index contributed by atoms with van der Waals surface area (Å²) in [7, 11) is 0. The van der Waals surface area contributed by atoms with Crippen molar-refractivity contribution in [3.05, 3.63) is 73.8 Å². The van der Waals surface area contributed by atoms with E-state index in [9.17, 15) is 20.0 Å². The number of nitro groups is 1. The van der Waals surface area contributed by atoms with Crippen molar-refractivity contribution in [1.82, 2.24) is 9.66 Å². The molecule has 138 valence electrons. The summed E-state index contributed by atoms with van der Waals surface area (Å²) in [5.74, 6) is 0.363. The molecule has 0 amide bonds. The third-order valence-corrected chi connectivity index (χ3v) is 4.13. The molecule has 1 heterocycles. The number of phenols is 1. The number of hydrogen-bond acceptors (Lipinski definition) is 6. The van der Waals surface area contributed by atoms with E-state index in [1.807, 2.05) is 13.0 Å². The van der Waals surface area contributed by atoms with E-state index < -0.39 is 4.92 Å². The van der Waals surface area contributed by atoms with E-state index in [2.05, 4.69) is 10.1 Å². The summed E-state index contributed by atoms with van der Waals surface area (Å²) in [5.41, 5.74) is 0.602. The van der Waals surface area contributed by atoms with Crippen molar-refractivity contribution in [3.8, 4) is 5.75 Å². The molecule has 2 aromatic carbocycles. The zero-order valence-corrected chi connectivity index (χ0v) is 14.9. The van der Waals surface area contributed by atoms with Gasteiger partial charge in [0.1, 0.15) is 11.6 Å². The van der Waals surface area contributed by atoms with Crippen molar-refractivity contribution < 1.29 is 10.0 Å². The van der Waals surface area contributed by atoms with E-state index in [1.165, 1.54) is 23.0 Å². The third kappa shape index (κ3) is 3.55. The lowest BCUT2D eigenvalue weighted by Crippen LogP contribution is -2.22. The first-order valence-electron chi connectivity index (χ1n) is 8.45. The summed E-state index contributed by atoms with van der Waals surface area (Å²) in [6.07, 6.45) is 2.55. The smallest absolute Gasteiger partial charge is 0.282 e. The Bertz CT molecular complexity index is 1120. The third-order valence-electron chi connectivity index (χ3n) is 4.13. The van der Waals surface area contributed by atoms with Gasteiger partial charge in [-0.15, -0.1) is 0 Å². The second-order valence-corrected chi connectivity index (χ2v) is 6.11. The predicted molar refractivity (Wildman–Crippen MR) is 102 cm³/mol. The van der Waals surface area contributed by atoms with Gasteiger partial charge >= 0.3 is 0 Å². The molecule has 3 aromatic rings. The van der Waals surface area contributed by atoms with Crippen molar-refractivity contribution in [2.24, 2.45) is 5.10 Å². The minimum Gasteiger partial charge on any atom is -0.507 e. The van der Waals surface area contributed by atoms with E-state index in [0.717, 1.165) is 6.42 Å². The second-order valence-electron chi connectivity index (χ2n) is 6.11. The zero-order chi connectivity index (χ0) is 19.6. The summed E-state index contributed by atoms with van der Waals surface area (Å²) < 4.78 is 1.18. The SMILES string of the molecule is CCCc1nc2ccccc2c(=O)n1N=Cc1cc([N+](=O)[O-])cc(C)c1O. The summed E-state index contributed by atoms with van der Waals surface area (Å²) in [5, 5.41) is 25.8. The average molecular weight is 366 g/mol. The van der Waals surface area contributed by atoms with Crippen LogP contribution < -0.4 is 5.56 Å². The zero-order valence-electron chi connectivity index (χ0n) is 14.9. The normalized spacial score (nSPS) is 11.3. The molecule has 0 bridgehead atoms. The number of non-ortho nitro benzene ring substituents is 1. The van der Waals surface area contributed by atoms with Crippen molar-refractivity contribution in [3.63, 3.8) is 0 Å². The lowest BCUT2D eigenvalue weighted by atomic mass is 10.1. The number of rotatable bonds is 5. The molecule has 0 radical (unpaired) electrons. The van der Waals surface area contributed by atoms with Gasteiger partial charge in [-0.2, -0.15) is 9.78 Å². The molecule has 27 heavy (non-hydrogen) atoms. The first-order valence-corrected chi connectivity index (χ1v) is 8.45. The molecule has 0 aliphatic heterocycles. The standard InChI is InChI=1S/C19H18N4O4/c1-3-6-17-21-16-8-5-4-7-15(16)19(25)22(17)20-11-13-10-14(23(26)27)9-12(2)18(13)24/h4-5,7-11,24H,3,6H2,1-2H3. The summed E-state index contributed by atoms with van der Waals surface area (Å²) >= 11 is 0. The Hall–Kier alpha value is -3.55. The Balaban J connectivity index is 2.16. The van der Waals surface area contributed by atoms with Gasteiger partial charge in [0, 0.05) is 24.1 Å². The molecule has 1 aromatic heterocycles. The van der Waals surface area contributed by atoms with Gasteiger partial charge < -0.3 is 5.11 Å². The molecule has 8 heteroatoms. The number of aryl methyl sites for hydroxylation is 2. The van der Waals surface area contributed by atoms with Gasteiger partial charge in [-0.05, 0) is 31.0 Å². The Labute approximate surface area is 154 Å². The molecule has 0 fully saturated rings. The molecule has 3 rings (SSSR count). The van der Waals surface area contributed by atoms with Gasteiger partial charge in [0.05, 0.1) is 22.0 Å². The molecular weight excluding hydrogens is 348 g/mol. The molecule has 0 unspecified atom stereocenters. The first kappa shape index (κ1) is 18.2. The molecule has 0 aliphatic rings. The number of nitrogens with zero attached hydrogens (tertiary/aromatic N) is 4. The highest BCUT2D eigenvalue weighted by molar-refractivity contribution is 5.85.